The van der Waals surface area contributed by atoms with Gasteiger partial charge in [0.15, 0.2) is 6.29 Å². The Bertz CT molecular complexity index is 604. The Balaban J connectivity index is 0.000000217. The number of methoxy groups -OCH3 is 1. The van der Waals surface area contributed by atoms with E-state index in [-0.39, 0.29) is 0 Å². The summed E-state index contributed by atoms with van der Waals surface area (Å²) >= 11 is 0. The van der Waals surface area contributed by atoms with Crippen LogP contribution in [-0.4, -0.2) is 21.8 Å². The summed E-state index contributed by atoms with van der Waals surface area (Å²) in [6, 6.07) is 16.0. The van der Waals surface area contributed by atoms with Gasteiger partial charge in [0.2, 0.25) is 10.9 Å². The van der Waals surface area contributed by atoms with Crippen molar-refractivity contribution in [2.75, 3.05) is 11.8 Å². The van der Waals surface area contributed by atoms with Crippen LogP contribution in [0.1, 0.15) is 10.4 Å². The van der Waals surface area contributed by atoms with Gasteiger partial charge in [0.25, 0.3) is 0 Å². The minimum Gasteiger partial charge on any atom is -0.497 e. The molecular weight excluding hydrogens is 278 g/mol. The van der Waals surface area contributed by atoms with Crippen LogP contribution in [0, 0.1) is 0 Å². The Morgan fingerprint density at radius 3 is 2.10 bits per heavy atom. The molecular formula is C14H15NO4S. The predicted molar refractivity (Wildman–Crippen MR) is 78.8 cm³/mol. The van der Waals surface area contributed by atoms with Crippen molar-refractivity contribution in [3.05, 3.63) is 60.2 Å². The van der Waals surface area contributed by atoms with Crippen molar-refractivity contribution in [2.45, 2.75) is 0 Å². The van der Waals surface area contributed by atoms with Crippen molar-refractivity contribution >= 4 is 22.9 Å². The zero-order chi connectivity index (χ0) is 14.8. The van der Waals surface area contributed by atoms with Crippen molar-refractivity contribution < 1.29 is 17.9 Å². The Kier molecular flexibility index (Phi) is 6.84. The average Bonchev–Trinajstić information content (AvgIpc) is 2.49. The first-order chi connectivity index (χ1) is 9.67. The van der Waals surface area contributed by atoms with Crippen molar-refractivity contribution in [1.29, 1.82) is 0 Å². The monoisotopic (exact) mass is 293 g/mol. The highest BCUT2D eigenvalue weighted by atomic mass is 32.2. The minimum atomic E-state index is -2.71. The summed E-state index contributed by atoms with van der Waals surface area (Å²) in [5.41, 5.74) is 0.639. The van der Waals surface area contributed by atoms with E-state index in [0.717, 1.165) is 5.75 Å². The van der Waals surface area contributed by atoms with E-state index in [1.807, 2.05) is 30.3 Å². The number of ether oxygens (including phenoxy) is 1. The molecule has 0 aliphatic carbocycles. The molecule has 5 nitrogen and oxygen atoms in total. The molecule has 0 aliphatic rings. The van der Waals surface area contributed by atoms with Crippen LogP contribution >= 0.6 is 0 Å². The Hall–Kier alpha value is -2.34. The van der Waals surface area contributed by atoms with Crippen molar-refractivity contribution in [3.8, 4) is 5.75 Å². The van der Waals surface area contributed by atoms with Gasteiger partial charge in [-0.05, 0) is 24.3 Å². The van der Waals surface area contributed by atoms with Crippen LogP contribution < -0.4 is 9.46 Å². The molecule has 2 aromatic carbocycles. The normalized spacial score (nSPS) is 9.30. The molecule has 0 spiro atoms. The molecule has 2 rings (SSSR count). The summed E-state index contributed by atoms with van der Waals surface area (Å²) in [7, 11) is -1.05. The first-order valence-corrected chi connectivity index (χ1v) is 6.89. The number of benzene rings is 2. The summed E-state index contributed by atoms with van der Waals surface area (Å²) in [5.74, 6) is 0.910. The van der Waals surface area contributed by atoms with Crippen LogP contribution in [0.2, 0.25) is 0 Å². The summed E-state index contributed by atoms with van der Waals surface area (Å²) in [6.45, 7) is 0. The van der Waals surface area contributed by atoms with Crippen LogP contribution in [-0.2, 0) is 10.9 Å². The number of anilines is 1. The topological polar surface area (TPSA) is 72.5 Å². The highest BCUT2D eigenvalue weighted by molar-refractivity contribution is 7.73. The fourth-order valence-electron chi connectivity index (χ4n) is 1.36. The van der Waals surface area contributed by atoms with Gasteiger partial charge in [0, 0.05) is 5.56 Å². The maximum absolute atomic E-state index is 10.4. The molecule has 2 aromatic rings. The van der Waals surface area contributed by atoms with E-state index in [0.29, 0.717) is 17.5 Å². The third-order valence-electron chi connectivity index (χ3n) is 2.28. The number of hydrogen-bond acceptors (Lipinski definition) is 4. The number of hydrogen-bond donors (Lipinski definition) is 2. The molecule has 0 heterocycles. The van der Waals surface area contributed by atoms with Gasteiger partial charge in [-0.2, -0.15) is 0 Å². The van der Waals surface area contributed by atoms with E-state index in [2.05, 4.69) is 4.72 Å². The second-order valence-corrected chi connectivity index (χ2v) is 4.33. The van der Waals surface area contributed by atoms with Gasteiger partial charge in [0.1, 0.15) is 5.75 Å². The Labute approximate surface area is 119 Å². The number of carbonyl (C=O) groups is 1. The summed E-state index contributed by atoms with van der Waals surface area (Å²) in [5, 5.41) is 0. The van der Waals surface area contributed by atoms with Crippen LogP contribution in [0.3, 0.4) is 0 Å². The average molecular weight is 293 g/mol. The highest BCUT2D eigenvalue weighted by Gasteiger charge is 1.98. The van der Waals surface area contributed by atoms with E-state index in [1.165, 1.54) is 12.1 Å². The van der Waals surface area contributed by atoms with Gasteiger partial charge in [-0.3, -0.25) is 9.52 Å². The molecule has 0 bridgehead atoms. The van der Waals surface area contributed by atoms with Crippen LogP contribution in [0.4, 0.5) is 5.69 Å². The molecule has 0 aromatic heterocycles. The lowest BCUT2D eigenvalue weighted by atomic mass is 10.2. The SMILES string of the molecule is COc1ccccc1.O=Cc1ccccc1N[SH](=O)=O. The molecule has 0 amide bonds. The molecule has 6 heteroatoms. The van der Waals surface area contributed by atoms with E-state index in [4.69, 9.17) is 4.74 Å². The minimum absolute atomic E-state index is 0.309. The lowest BCUT2D eigenvalue weighted by Crippen LogP contribution is -1.98. The van der Waals surface area contributed by atoms with Crippen molar-refractivity contribution in [2.24, 2.45) is 0 Å². The maximum Gasteiger partial charge on any atom is 0.222 e. The molecule has 1 N–H and O–H groups in total. The summed E-state index contributed by atoms with van der Waals surface area (Å²) in [6.07, 6.45) is 0.598. The number of thiol groups is 1. The van der Waals surface area contributed by atoms with Gasteiger partial charge in [-0.1, -0.05) is 30.3 Å². The Morgan fingerprint density at radius 1 is 1.00 bits per heavy atom. The van der Waals surface area contributed by atoms with Crippen molar-refractivity contribution in [1.82, 2.24) is 0 Å². The fourth-order valence-corrected chi connectivity index (χ4v) is 1.76. The first-order valence-electron chi connectivity index (χ1n) is 5.71. The lowest BCUT2D eigenvalue weighted by Gasteiger charge is -2.00. The van der Waals surface area contributed by atoms with E-state index < -0.39 is 10.9 Å². The third kappa shape index (κ3) is 5.53. The standard InChI is InChI=1S/C7H7NO3S.C7H8O/c9-5-6-3-1-2-4-7(6)8-12(10)11;1-8-7-5-3-2-4-6-7/h1-5,12H,(H,8,10,11);2-6H,1H3. The second-order valence-electron chi connectivity index (χ2n) is 3.59. The molecule has 0 saturated carbocycles. The van der Waals surface area contributed by atoms with Gasteiger partial charge in [-0.25, -0.2) is 8.42 Å². The number of rotatable bonds is 4. The predicted octanol–water partition coefficient (Wildman–Crippen LogP) is 2.13. The largest absolute Gasteiger partial charge is 0.497 e. The molecule has 0 unspecified atom stereocenters. The van der Waals surface area contributed by atoms with Crippen LogP contribution in [0.25, 0.3) is 0 Å². The fraction of sp³-hybridized carbons (Fsp3) is 0.0714. The van der Waals surface area contributed by atoms with Gasteiger partial charge in [-0.15, -0.1) is 0 Å². The van der Waals surface area contributed by atoms with Gasteiger partial charge >= 0.3 is 0 Å². The molecule has 0 fully saturated rings. The molecule has 0 saturated heterocycles. The second kappa shape index (κ2) is 8.71. The molecule has 0 radical (unpaired) electrons. The zero-order valence-corrected chi connectivity index (χ0v) is 11.7. The number of nitrogens with one attached hydrogen (secondary N) is 1. The summed E-state index contributed by atoms with van der Waals surface area (Å²) in [4.78, 5) is 10.4. The molecule has 20 heavy (non-hydrogen) atoms. The lowest BCUT2D eigenvalue weighted by molar-refractivity contribution is 0.112. The quantitative estimate of drug-likeness (QED) is 0.669. The molecule has 0 atom stereocenters. The molecule has 106 valence electrons. The number of carbonyl (C=O) groups excluding carboxylic acids is 1. The summed E-state index contributed by atoms with van der Waals surface area (Å²) < 4.78 is 27.6. The van der Waals surface area contributed by atoms with Crippen LogP contribution in [0.15, 0.2) is 54.6 Å². The van der Waals surface area contributed by atoms with E-state index >= 15 is 0 Å². The zero-order valence-electron chi connectivity index (χ0n) is 10.9. The van der Waals surface area contributed by atoms with Gasteiger partial charge in [0.05, 0.1) is 12.8 Å². The smallest absolute Gasteiger partial charge is 0.222 e. The Morgan fingerprint density at radius 2 is 1.60 bits per heavy atom. The highest BCUT2D eigenvalue weighted by Crippen LogP contribution is 2.11. The number of aldehydes is 1. The maximum atomic E-state index is 10.4. The van der Waals surface area contributed by atoms with E-state index in [1.54, 1.807) is 19.2 Å². The first kappa shape index (κ1) is 15.7. The molecule has 0 aliphatic heterocycles. The number of para-hydroxylation sites is 2. The van der Waals surface area contributed by atoms with Gasteiger partial charge < -0.3 is 4.74 Å². The van der Waals surface area contributed by atoms with E-state index in [9.17, 15) is 13.2 Å². The van der Waals surface area contributed by atoms with Crippen LogP contribution in [0.5, 0.6) is 5.75 Å². The third-order valence-corrected chi connectivity index (χ3v) is 2.70. The van der Waals surface area contributed by atoms with Crippen molar-refractivity contribution in [3.63, 3.8) is 0 Å².